The molecule has 1 atom stereocenters. The Balaban J connectivity index is 2.18. The third-order valence-electron chi connectivity index (χ3n) is 3.45. The van der Waals surface area contributed by atoms with Crippen molar-refractivity contribution >= 4 is 23.3 Å². The number of halogens is 1. The molecule has 1 heterocycles. The van der Waals surface area contributed by atoms with Gasteiger partial charge >= 0.3 is 5.97 Å². The third kappa shape index (κ3) is 2.60. The number of carboxylic acid groups (broad SMARTS) is 1. The van der Waals surface area contributed by atoms with Crippen LogP contribution in [0, 0.1) is 6.92 Å². The number of rotatable bonds is 2. The zero-order valence-corrected chi connectivity index (χ0v) is 11.3. The Morgan fingerprint density at radius 1 is 1.44 bits per heavy atom. The number of aryl methyl sites for hydroxylation is 1. The number of benzene rings is 1. The molecular formula is C13H17ClN2O2. The van der Waals surface area contributed by atoms with Gasteiger partial charge in [0.1, 0.15) is 6.04 Å². The summed E-state index contributed by atoms with van der Waals surface area (Å²) in [6, 6.07) is 5.40. The standard InChI is InChI=1S/C13H17ClN2O2/c1-9-3-4-10(7-11(9)14)16-6-5-15(2)12(8-16)13(17)18/h3-4,7,12H,5-6,8H2,1-2H3,(H,17,18). The lowest BCUT2D eigenvalue weighted by atomic mass is 10.1. The van der Waals surface area contributed by atoms with E-state index in [-0.39, 0.29) is 0 Å². The Labute approximate surface area is 112 Å². The van der Waals surface area contributed by atoms with Crippen molar-refractivity contribution in [3.63, 3.8) is 0 Å². The first-order valence-electron chi connectivity index (χ1n) is 5.93. The van der Waals surface area contributed by atoms with Crippen LogP contribution in [0.2, 0.25) is 5.02 Å². The molecule has 1 fully saturated rings. The molecule has 5 heteroatoms. The quantitative estimate of drug-likeness (QED) is 0.889. The van der Waals surface area contributed by atoms with Gasteiger partial charge in [-0.2, -0.15) is 0 Å². The number of nitrogens with zero attached hydrogens (tertiary/aromatic N) is 2. The van der Waals surface area contributed by atoms with E-state index in [1.807, 2.05) is 37.1 Å². The predicted molar refractivity (Wildman–Crippen MR) is 72.5 cm³/mol. The highest BCUT2D eigenvalue weighted by Gasteiger charge is 2.29. The number of hydrogen-bond acceptors (Lipinski definition) is 3. The van der Waals surface area contributed by atoms with Gasteiger partial charge in [-0.25, -0.2) is 0 Å². The molecule has 0 amide bonds. The average Bonchev–Trinajstić information content (AvgIpc) is 2.33. The zero-order chi connectivity index (χ0) is 13.3. The third-order valence-corrected chi connectivity index (χ3v) is 3.86. The van der Waals surface area contributed by atoms with Gasteiger partial charge in [-0.1, -0.05) is 17.7 Å². The van der Waals surface area contributed by atoms with E-state index in [1.54, 1.807) is 0 Å². The van der Waals surface area contributed by atoms with E-state index in [4.69, 9.17) is 11.6 Å². The van der Waals surface area contributed by atoms with Crippen LogP contribution in [0.3, 0.4) is 0 Å². The monoisotopic (exact) mass is 268 g/mol. The maximum atomic E-state index is 11.2. The number of likely N-dealkylation sites (N-methyl/N-ethyl adjacent to an activating group) is 1. The van der Waals surface area contributed by atoms with Gasteiger partial charge in [0.25, 0.3) is 0 Å². The highest BCUT2D eigenvalue weighted by molar-refractivity contribution is 6.31. The summed E-state index contributed by atoms with van der Waals surface area (Å²) in [6.07, 6.45) is 0. The molecule has 1 aromatic carbocycles. The highest BCUT2D eigenvalue weighted by Crippen LogP contribution is 2.25. The molecule has 0 aromatic heterocycles. The zero-order valence-electron chi connectivity index (χ0n) is 10.6. The van der Waals surface area contributed by atoms with Gasteiger partial charge in [-0.05, 0) is 31.7 Å². The molecule has 0 bridgehead atoms. The number of piperazine rings is 1. The summed E-state index contributed by atoms with van der Waals surface area (Å²) >= 11 is 6.11. The van der Waals surface area contributed by atoms with Gasteiger partial charge in [0, 0.05) is 30.3 Å². The molecule has 1 aliphatic heterocycles. The van der Waals surface area contributed by atoms with Crippen LogP contribution < -0.4 is 4.90 Å². The normalized spacial score (nSPS) is 21.1. The smallest absolute Gasteiger partial charge is 0.322 e. The molecule has 98 valence electrons. The maximum Gasteiger partial charge on any atom is 0.322 e. The fourth-order valence-electron chi connectivity index (χ4n) is 2.15. The van der Waals surface area contributed by atoms with Gasteiger partial charge in [0.15, 0.2) is 0 Å². The molecule has 4 nitrogen and oxygen atoms in total. The Kier molecular flexibility index (Phi) is 3.78. The Hall–Kier alpha value is -1.26. The van der Waals surface area contributed by atoms with Crippen molar-refractivity contribution in [2.45, 2.75) is 13.0 Å². The number of carbonyl (C=O) groups is 1. The number of anilines is 1. The Morgan fingerprint density at radius 3 is 2.78 bits per heavy atom. The molecule has 0 aliphatic carbocycles. The van der Waals surface area contributed by atoms with Crippen LogP contribution in [0.4, 0.5) is 5.69 Å². The summed E-state index contributed by atoms with van der Waals surface area (Å²) in [4.78, 5) is 15.1. The molecule has 18 heavy (non-hydrogen) atoms. The van der Waals surface area contributed by atoms with E-state index >= 15 is 0 Å². The minimum absolute atomic E-state index is 0.459. The maximum absolute atomic E-state index is 11.2. The van der Waals surface area contributed by atoms with E-state index < -0.39 is 12.0 Å². The summed E-state index contributed by atoms with van der Waals surface area (Å²) in [5.41, 5.74) is 2.02. The fourth-order valence-corrected chi connectivity index (χ4v) is 2.33. The van der Waals surface area contributed by atoms with Gasteiger partial charge in [-0.15, -0.1) is 0 Å². The lowest BCUT2D eigenvalue weighted by Gasteiger charge is -2.38. The summed E-state index contributed by atoms with van der Waals surface area (Å²) in [6.45, 7) is 4.00. The lowest BCUT2D eigenvalue weighted by molar-refractivity contribution is -0.142. The number of aliphatic carboxylic acids is 1. The van der Waals surface area contributed by atoms with E-state index in [0.717, 1.165) is 29.4 Å². The van der Waals surface area contributed by atoms with Crippen molar-refractivity contribution in [2.24, 2.45) is 0 Å². The molecule has 1 N–H and O–H groups in total. The van der Waals surface area contributed by atoms with Gasteiger partial charge in [0.2, 0.25) is 0 Å². The first-order valence-corrected chi connectivity index (χ1v) is 6.31. The van der Waals surface area contributed by atoms with Crippen molar-refractivity contribution in [2.75, 3.05) is 31.6 Å². The summed E-state index contributed by atoms with van der Waals surface area (Å²) < 4.78 is 0. The average molecular weight is 269 g/mol. The van der Waals surface area contributed by atoms with Gasteiger partial charge in [0.05, 0.1) is 0 Å². The summed E-state index contributed by atoms with van der Waals surface area (Å²) in [7, 11) is 1.85. The van der Waals surface area contributed by atoms with Crippen LogP contribution in [0.1, 0.15) is 5.56 Å². The molecule has 2 rings (SSSR count). The second kappa shape index (κ2) is 5.16. The van der Waals surface area contributed by atoms with E-state index in [9.17, 15) is 9.90 Å². The second-order valence-corrected chi connectivity index (χ2v) is 5.12. The van der Waals surface area contributed by atoms with Crippen molar-refractivity contribution < 1.29 is 9.90 Å². The van der Waals surface area contributed by atoms with Crippen molar-refractivity contribution in [3.8, 4) is 0 Å². The van der Waals surface area contributed by atoms with Crippen LogP contribution in [-0.4, -0.2) is 48.7 Å². The second-order valence-electron chi connectivity index (χ2n) is 4.71. The predicted octanol–water partition coefficient (Wildman–Crippen LogP) is 1.85. The topological polar surface area (TPSA) is 43.8 Å². The number of hydrogen-bond donors (Lipinski definition) is 1. The van der Waals surface area contributed by atoms with E-state index in [0.29, 0.717) is 6.54 Å². The largest absolute Gasteiger partial charge is 0.480 e. The van der Waals surface area contributed by atoms with Gasteiger partial charge < -0.3 is 10.0 Å². The molecule has 0 saturated carbocycles. The van der Waals surface area contributed by atoms with Crippen molar-refractivity contribution in [1.82, 2.24) is 4.90 Å². The highest BCUT2D eigenvalue weighted by atomic mass is 35.5. The Morgan fingerprint density at radius 2 is 2.17 bits per heavy atom. The lowest BCUT2D eigenvalue weighted by Crippen LogP contribution is -2.54. The van der Waals surface area contributed by atoms with E-state index in [1.165, 1.54) is 0 Å². The minimum Gasteiger partial charge on any atom is -0.480 e. The van der Waals surface area contributed by atoms with Crippen LogP contribution in [0.15, 0.2) is 18.2 Å². The van der Waals surface area contributed by atoms with E-state index in [2.05, 4.69) is 4.90 Å². The molecular weight excluding hydrogens is 252 g/mol. The van der Waals surface area contributed by atoms with Crippen LogP contribution in [0.25, 0.3) is 0 Å². The minimum atomic E-state index is -0.777. The molecule has 1 unspecified atom stereocenters. The first-order chi connectivity index (χ1) is 8.49. The molecule has 1 aromatic rings. The van der Waals surface area contributed by atoms with Crippen LogP contribution in [0.5, 0.6) is 0 Å². The van der Waals surface area contributed by atoms with Crippen LogP contribution in [-0.2, 0) is 4.79 Å². The molecule has 0 radical (unpaired) electrons. The summed E-state index contributed by atoms with van der Waals surface area (Å²) in [5.74, 6) is -0.777. The molecule has 1 aliphatic rings. The Bertz CT molecular complexity index is 464. The van der Waals surface area contributed by atoms with Crippen LogP contribution >= 0.6 is 11.6 Å². The van der Waals surface area contributed by atoms with Crippen molar-refractivity contribution in [1.29, 1.82) is 0 Å². The fraction of sp³-hybridized carbons (Fsp3) is 0.462. The SMILES string of the molecule is Cc1ccc(N2CCN(C)C(C(=O)O)C2)cc1Cl. The van der Waals surface area contributed by atoms with Gasteiger partial charge in [-0.3, -0.25) is 9.69 Å². The molecule has 0 spiro atoms. The summed E-state index contributed by atoms with van der Waals surface area (Å²) in [5, 5.41) is 9.90. The van der Waals surface area contributed by atoms with Crippen molar-refractivity contribution in [3.05, 3.63) is 28.8 Å². The first kappa shape index (κ1) is 13.2. The number of carboxylic acids is 1. The molecule has 1 saturated heterocycles.